The second-order valence-electron chi connectivity index (χ2n) is 4.26. The minimum Gasteiger partial charge on any atom is -0.497 e. The van der Waals surface area contributed by atoms with E-state index in [1.165, 1.54) is 6.21 Å². The van der Waals surface area contributed by atoms with Gasteiger partial charge in [-0.05, 0) is 42.5 Å². The first-order valence-corrected chi connectivity index (χ1v) is 7.00. The molecule has 3 nitrogen and oxygen atoms in total. The van der Waals surface area contributed by atoms with Gasteiger partial charge < -0.3 is 4.74 Å². The van der Waals surface area contributed by atoms with E-state index in [0.29, 0.717) is 27.0 Å². The van der Waals surface area contributed by atoms with Gasteiger partial charge in [0.25, 0.3) is 0 Å². The van der Waals surface area contributed by atoms with Crippen LogP contribution < -0.4 is 4.74 Å². The third kappa shape index (κ3) is 4.31. The van der Waals surface area contributed by atoms with Crippen molar-refractivity contribution in [2.75, 3.05) is 7.11 Å². The van der Waals surface area contributed by atoms with E-state index in [4.69, 9.17) is 27.9 Å². The average Bonchev–Trinajstić information content (AvgIpc) is 2.50. The molecule has 0 N–H and O–H groups in total. The number of carbonyl (C=O) groups is 1. The molecule has 0 radical (unpaired) electrons. The number of aliphatic imine (C=N–C) groups is 1. The van der Waals surface area contributed by atoms with Gasteiger partial charge in [0.2, 0.25) is 0 Å². The number of halogens is 2. The lowest BCUT2D eigenvalue weighted by atomic mass is 10.1. The summed E-state index contributed by atoms with van der Waals surface area (Å²) in [6, 6.07) is 11.9. The number of carbonyl (C=O) groups excluding carboxylic acids is 1. The summed E-state index contributed by atoms with van der Waals surface area (Å²) in [5.41, 5.74) is 1.16. The Morgan fingerprint density at radius 2 is 1.90 bits per heavy atom. The molecule has 2 rings (SSSR count). The number of hydrogen-bond donors (Lipinski definition) is 0. The van der Waals surface area contributed by atoms with Gasteiger partial charge in [0.15, 0.2) is 5.78 Å². The lowest BCUT2D eigenvalue weighted by molar-refractivity contribution is 0.100. The number of methoxy groups -OCH3 is 1. The van der Waals surface area contributed by atoms with Crippen LogP contribution in [0.3, 0.4) is 0 Å². The van der Waals surface area contributed by atoms with E-state index in [-0.39, 0.29) is 12.2 Å². The maximum Gasteiger partial charge on any atom is 0.168 e. The summed E-state index contributed by atoms with van der Waals surface area (Å²) < 4.78 is 5.05. The normalized spacial score (nSPS) is 10.8. The number of hydrogen-bond acceptors (Lipinski definition) is 3. The summed E-state index contributed by atoms with van der Waals surface area (Å²) in [6.45, 7) is 0. The molecule has 0 bridgehead atoms. The van der Waals surface area contributed by atoms with Gasteiger partial charge in [-0.3, -0.25) is 9.79 Å². The van der Waals surface area contributed by atoms with E-state index in [1.54, 1.807) is 49.6 Å². The van der Waals surface area contributed by atoms with Crippen LogP contribution in [0.5, 0.6) is 5.75 Å². The quantitative estimate of drug-likeness (QED) is 0.575. The van der Waals surface area contributed by atoms with Crippen molar-refractivity contribution < 1.29 is 9.53 Å². The fraction of sp³-hybridized carbons (Fsp3) is 0.125. The Kier molecular flexibility index (Phi) is 5.37. The fourth-order valence-electron chi connectivity index (χ4n) is 1.71. The molecule has 21 heavy (non-hydrogen) atoms. The van der Waals surface area contributed by atoms with E-state index < -0.39 is 0 Å². The van der Waals surface area contributed by atoms with Crippen LogP contribution in [0.4, 0.5) is 5.69 Å². The summed E-state index contributed by atoms with van der Waals surface area (Å²) >= 11 is 11.9. The average molecular weight is 322 g/mol. The summed E-state index contributed by atoms with van der Waals surface area (Å²) in [5.74, 6) is 0.686. The maximum atomic E-state index is 12.0. The van der Waals surface area contributed by atoms with Gasteiger partial charge in [0.1, 0.15) is 5.75 Å². The van der Waals surface area contributed by atoms with Gasteiger partial charge in [0, 0.05) is 23.2 Å². The monoisotopic (exact) mass is 321 g/mol. The van der Waals surface area contributed by atoms with Gasteiger partial charge in [-0.25, -0.2) is 0 Å². The molecule has 0 unspecified atom stereocenters. The zero-order valence-corrected chi connectivity index (χ0v) is 12.9. The topological polar surface area (TPSA) is 38.7 Å². The molecule has 0 aromatic heterocycles. The van der Waals surface area contributed by atoms with E-state index in [1.807, 2.05) is 0 Å². The van der Waals surface area contributed by atoms with Gasteiger partial charge >= 0.3 is 0 Å². The fourth-order valence-corrected chi connectivity index (χ4v) is 2.04. The van der Waals surface area contributed by atoms with Gasteiger partial charge in [-0.2, -0.15) is 0 Å². The summed E-state index contributed by atoms with van der Waals surface area (Å²) in [5, 5.41) is 1.04. The molecular weight excluding hydrogens is 309 g/mol. The van der Waals surface area contributed by atoms with Crippen molar-refractivity contribution in [2.24, 2.45) is 4.99 Å². The van der Waals surface area contributed by atoms with Crippen LogP contribution >= 0.6 is 23.2 Å². The van der Waals surface area contributed by atoms with Crippen molar-refractivity contribution in [3.63, 3.8) is 0 Å². The molecule has 108 valence electrons. The molecule has 2 aromatic carbocycles. The highest BCUT2D eigenvalue weighted by atomic mass is 35.5. The predicted molar refractivity (Wildman–Crippen MR) is 86.6 cm³/mol. The lowest BCUT2D eigenvalue weighted by Gasteiger charge is -2.01. The minimum absolute atomic E-state index is 0.0282. The molecule has 2 aromatic rings. The van der Waals surface area contributed by atoms with Crippen molar-refractivity contribution in [2.45, 2.75) is 6.42 Å². The Labute approximate surface area is 133 Å². The number of Topliss-reactive ketones (excluding diaryl/α,β-unsaturated/α-hetero) is 1. The van der Waals surface area contributed by atoms with Crippen LogP contribution in [0, 0.1) is 0 Å². The van der Waals surface area contributed by atoms with E-state index in [2.05, 4.69) is 4.99 Å². The maximum absolute atomic E-state index is 12.0. The molecule has 0 heterocycles. The molecule has 5 heteroatoms. The Morgan fingerprint density at radius 1 is 1.19 bits per heavy atom. The Balaban J connectivity index is 2.02. The highest BCUT2D eigenvalue weighted by molar-refractivity contribution is 6.35. The zero-order valence-electron chi connectivity index (χ0n) is 11.3. The van der Waals surface area contributed by atoms with Crippen LogP contribution in [0.25, 0.3) is 0 Å². The first-order chi connectivity index (χ1) is 10.1. The third-order valence-electron chi connectivity index (χ3n) is 2.83. The summed E-state index contributed by atoms with van der Waals surface area (Å²) in [7, 11) is 1.58. The van der Waals surface area contributed by atoms with Gasteiger partial charge in [-0.1, -0.05) is 23.2 Å². The van der Waals surface area contributed by atoms with Crippen molar-refractivity contribution in [3.05, 3.63) is 58.1 Å². The number of ether oxygens (including phenoxy) is 1. The molecule has 0 atom stereocenters. The zero-order chi connectivity index (χ0) is 15.2. The van der Waals surface area contributed by atoms with Crippen LogP contribution in [0.2, 0.25) is 10.0 Å². The highest BCUT2D eigenvalue weighted by Crippen LogP contribution is 2.27. The minimum atomic E-state index is -0.0282. The smallest absolute Gasteiger partial charge is 0.168 e. The second-order valence-corrected chi connectivity index (χ2v) is 5.11. The van der Waals surface area contributed by atoms with Crippen molar-refractivity contribution in [3.8, 4) is 5.75 Å². The van der Waals surface area contributed by atoms with Crippen LogP contribution in [0.15, 0.2) is 47.5 Å². The first kappa shape index (κ1) is 15.5. The summed E-state index contributed by atoms with van der Waals surface area (Å²) in [6.07, 6.45) is 1.72. The number of nitrogens with zero attached hydrogens (tertiary/aromatic N) is 1. The van der Waals surface area contributed by atoms with Crippen LogP contribution in [0.1, 0.15) is 16.8 Å². The first-order valence-electron chi connectivity index (χ1n) is 6.25. The molecule has 0 amide bonds. The molecule has 0 saturated carbocycles. The van der Waals surface area contributed by atoms with Crippen molar-refractivity contribution in [1.82, 2.24) is 0 Å². The van der Waals surface area contributed by atoms with Crippen molar-refractivity contribution >= 4 is 40.9 Å². The molecular formula is C16H13Cl2NO2. The van der Waals surface area contributed by atoms with Crippen LogP contribution in [-0.4, -0.2) is 19.1 Å². The molecule has 0 saturated heterocycles. The Morgan fingerprint density at radius 3 is 2.57 bits per heavy atom. The Hall–Kier alpha value is -1.84. The van der Waals surface area contributed by atoms with E-state index >= 15 is 0 Å². The molecule has 0 aliphatic carbocycles. The number of rotatable bonds is 5. The molecule has 0 aliphatic rings. The largest absolute Gasteiger partial charge is 0.497 e. The summed E-state index contributed by atoms with van der Waals surface area (Å²) in [4.78, 5) is 16.2. The molecule has 0 spiro atoms. The van der Waals surface area contributed by atoms with Gasteiger partial charge in [-0.15, -0.1) is 0 Å². The number of ketones is 1. The van der Waals surface area contributed by atoms with E-state index in [0.717, 1.165) is 0 Å². The number of benzene rings is 2. The van der Waals surface area contributed by atoms with E-state index in [9.17, 15) is 4.79 Å². The standard InChI is InChI=1S/C16H13Cl2NO2/c1-21-13-5-2-11(3-6-13)16(20)8-9-19-15-10-12(17)4-7-14(15)18/h2-7,9-10H,8H2,1H3. The second kappa shape index (κ2) is 7.25. The Bertz CT molecular complexity index is 666. The highest BCUT2D eigenvalue weighted by Gasteiger charge is 2.04. The molecule has 0 fully saturated rings. The van der Waals surface area contributed by atoms with Crippen molar-refractivity contribution in [1.29, 1.82) is 0 Å². The van der Waals surface area contributed by atoms with Gasteiger partial charge in [0.05, 0.1) is 17.8 Å². The molecule has 0 aliphatic heterocycles. The van der Waals surface area contributed by atoms with Crippen LogP contribution in [-0.2, 0) is 0 Å². The third-order valence-corrected chi connectivity index (χ3v) is 3.38. The lowest BCUT2D eigenvalue weighted by Crippen LogP contribution is -1.99. The SMILES string of the molecule is COc1ccc(C(=O)CC=Nc2cc(Cl)ccc2Cl)cc1. The predicted octanol–water partition coefficient (Wildman–Crippen LogP) is 4.98.